The van der Waals surface area contributed by atoms with Crippen molar-refractivity contribution in [3.05, 3.63) is 0 Å². The van der Waals surface area contributed by atoms with Crippen molar-refractivity contribution in [3.63, 3.8) is 0 Å². The smallest absolute Gasteiger partial charge is 0.403 e. The third-order valence-electron chi connectivity index (χ3n) is 4.23. The van der Waals surface area contributed by atoms with E-state index in [4.69, 9.17) is 14.6 Å². The van der Waals surface area contributed by atoms with Gasteiger partial charge in [-0.2, -0.15) is 5.26 Å². The lowest BCUT2D eigenvalue weighted by atomic mass is 9.80. The third-order valence-corrected chi connectivity index (χ3v) is 4.23. The van der Waals surface area contributed by atoms with Crippen LogP contribution in [-0.4, -0.2) is 18.3 Å². The van der Waals surface area contributed by atoms with Gasteiger partial charge in [-0.05, 0) is 52.3 Å². The number of hydrogen-bond acceptors (Lipinski definition) is 3. The normalized spacial score (nSPS) is 34.8. The molecular weight excluding hydrogens is 201 g/mol. The first-order chi connectivity index (χ1) is 7.37. The Bertz CT molecular complexity index is 305. The van der Waals surface area contributed by atoms with Crippen LogP contribution in [0.1, 0.15) is 47.0 Å². The van der Waals surface area contributed by atoms with Gasteiger partial charge in [-0.3, -0.25) is 0 Å². The van der Waals surface area contributed by atoms with Gasteiger partial charge in [0.2, 0.25) is 0 Å². The standard InChI is InChI=1S/C12H20BNO2/c1-11(2)12(3,4)16-13(15-11)10-8-9(10)6-5-7-14/h9-10H,5-6,8H2,1-4H3/t9-,10-/m0/s1. The van der Waals surface area contributed by atoms with Gasteiger partial charge in [0.05, 0.1) is 17.3 Å². The summed E-state index contributed by atoms with van der Waals surface area (Å²) in [6, 6.07) is 2.20. The van der Waals surface area contributed by atoms with Crippen molar-refractivity contribution in [1.29, 1.82) is 5.26 Å². The second-order valence-electron chi connectivity index (χ2n) is 5.98. The number of nitrogens with zero attached hydrogens (tertiary/aromatic N) is 1. The molecule has 0 spiro atoms. The van der Waals surface area contributed by atoms with Gasteiger partial charge in [-0.1, -0.05) is 0 Å². The van der Waals surface area contributed by atoms with E-state index >= 15 is 0 Å². The lowest BCUT2D eigenvalue weighted by Crippen LogP contribution is -2.41. The highest BCUT2D eigenvalue weighted by Gasteiger charge is 2.59. The Hall–Kier alpha value is -0.525. The maximum absolute atomic E-state index is 8.55. The molecule has 1 saturated carbocycles. The Labute approximate surface area is 98.3 Å². The molecule has 2 fully saturated rings. The van der Waals surface area contributed by atoms with Crippen molar-refractivity contribution in [2.75, 3.05) is 0 Å². The van der Waals surface area contributed by atoms with E-state index in [0.717, 1.165) is 12.8 Å². The van der Waals surface area contributed by atoms with E-state index in [0.29, 0.717) is 18.2 Å². The molecule has 0 radical (unpaired) electrons. The number of nitriles is 1. The topological polar surface area (TPSA) is 42.2 Å². The number of hydrogen-bond donors (Lipinski definition) is 0. The average molecular weight is 221 g/mol. The summed E-state index contributed by atoms with van der Waals surface area (Å²) in [4.78, 5) is 0. The Morgan fingerprint density at radius 2 is 1.81 bits per heavy atom. The summed E-state index contributed by atoms with van der Waals surface area (Å²) in [6.45, 7) is 8.33. The monoisotopic (exact) mass is 221 g/mol. The van der Waals surface area contributed by atoms with E-state index in [2.05, 4.69) is 33.8 Å². The minimum absolute atomic E-state index is 0.0614. The van der Waals surface area contributed by atoms with E-state index in [1.165, 1.54) is 0 Å². The van der Waals surface area contributed by atoms with Gasteiger partial charge < -0.3 is 9.31 Å². The van der Waals surface area contributed by atoms with Crippen LogP contribution < -0.4 is 0 Å². The van der Waals surface area contributed by atoms with E-state index in [-0.39, 0.29) is 18.3 Å². The van der Waals surface area contributed by atoms with Crippen LogP contribution in [0.4, 0.5) is 0 Å². The first-order valence-electron chi connectivity index (χ1n) is 6.10. The maximum Gasteiger partial charge on any atom is 0.461 e. The lowest BCUT2D eigenvalue weighted by molar-refractivity contribution is 0.00578. The van der Waals surface area contributed by atoms with Crippen molar-refractivity contribution < 1.29 is 9.31 Å². The van der Waals surface area contributed by atoms with Crippen LogP contribution in [-0.2, 0) is 9.31 Å². The maximum atomic E-state index is 8.55. The van der Waals surface area contributed by atoms with Crippen LogP contribution in [0.3, 0.4) is 0 Å². The van der Waals surface area contributed by atoms with E-state index in [9.17, 15) is 0 Å². The summed E-state index contributed by atoms with van der Waals surface area (Å²) in [6.07, 6.45) is 2.80. The van der Waals surface area contributed by atoms with Crippen LogP contribution in [0.5, 0.6) is 0 Å². The summed E-state index contributed by atoms with van der Waals surface area (Å²) in [5.74, 6) is 1.14. The largest absolute Gasteiger partial charge is 0.461 e. The molecular formula is C12H20BNO2. The zero-order chi connectivity index (χ0) is 12.0. The Morgan fingerprint density at radius 1 is 1.25 bits per heavy atom. The average Bonchev–Trinajstić information content (AvgIpc) is 2.87. The second-order valence-corrected chi connectivity index (χ2v) is 5.98. The summed E-state index contributed by atoms with van der Waals surface area (Å²) in [5.41, 5.74) is -0.444. The molecule has 2 aliphatic rings. The predicted molar refractivity (Wildman–Crippen MR) is 62.8 cm³/mol. The van der Waals surface area contributed by atoms with Gasteiger partial charge in [0.15, 0.2) is 0 Å². The van der Waals surface area contributed by atoms with Crippen LogP contribution in [0.2, 0.25) is 5.82 Å². The molecule has 4 heteroatoms. The molecule has 1 aliphatic carbocycles. The molecule has 0 aromatic heterocycles. The molecule has 1 saturated heterocycles. The molecule has 2 atom stereocenters. The van der Waals surface area contributed by atoms with E-state index < -0.39 is 0 Å². The fourth-order valence-electron chi connectivity index (χ4n) is 2.25. The fraction of sp³-hybridized carbons (Fsp3) is 0.917. The van der Waals surface area contributed by atoms with Gasteiger partial charge in [0.1, 0.15) is 0 Å². The SMILES string of the molecule is CC1(C)OB([C@H]2C[C@@H]2CCC#N)OC1(C)C. The van der Waals surface area contributed by atoms with E-state index in [1.807, 2.05) is 0 Å². The summed E-state index contributed by atoms with van der Waals surface area (Å²) in [7, 11) is -0.0614. The molecule has 0 unspecified atom stereocenters. The molecule has 0 N–H and O–H groups in total. The minimum Gasteiger partial charge on any atom is -0.403 e. The highest BCUT2D eigenvalue weighted by Crippen LogP contribution is 2.54. The van der Waals surface area contributed by atoms with Crippen LogP contribution >= 0.6 is 0 Å². The molecule has 2 rings (SSSR count). The first-order valence-corrected chi connectivity index (χ1v) is 6.10. The summed E-state index contributed by atoms with van der Waals surface area (Å²) in [5, 5.41) is 8.55. The van der Waals surface area contributed by atoms with Crippen molar-refractivity contribution >= 4 is 7.12 Å². The zero-order valence-electron chi connectivity index (χ0n) is 10.6. The van der Waals surface area contributed by atoms with Crippen molar-refractivity contribution in [2.45, 2.75) is 64.0 Å². The van der Waals surface area contributed by atoms with Crippen molar-refractivity contribution in [1.82, 2.24) is 0 Å². The summed E-state index contributed by atoms with van der Waals surface area (Å²) < 4.78 is 12.0. The number of rotatable bonds is 3. The lowest BCUT2D eigenvalue weighted by Gasteiger charge is -2.32. The first kappa shape index (κ1) is 11.9. The van der Waals surface area contributed by atoms with Gasteiger partial charge >= 0.3 is 7.12 Å². The van der Waals surface area contributed by atoms with Gasteiger partial charge in [-0.25, -0.2) is 0 Å². The Balaban J connectivity index is 1.89. The second kappa shape index (κ2) is 3.75. The molecule has 3 nitrogen and oxygen atoms in total. The van der Waals surface area contributed by atoms with Crippen LogP contribution in [0, 0.1) is 17.2 Å². The van der Waals surface area contributed by atoms with Gasteiger partial charge in [0.25, 0.3) is 0 Å². The molecule has 0 aromatic rings. The zero-order valence-corrected chi connectivity index (χ0v) is 10.6. The molecule has 0 bridgehead atoms. The summed E-state index contributed by atoms with van der Waals surface area (Å²) >= 11 is 0. The molecule has 88 valence electrons. The third kappa shape index (κ3) is 1.99. The molecule has 1 heterocycles. The molecule has 0 aromatic carbocycles. The quantitative estimate of drug-likeness (QED) is 0.688. The minimum atomic E-state index is -0.222. The van der Waals surface area contributed by atoms with Gasteiger partial charge in [-0.15, -0.1) is 0 Å². The Morgan fingerprint density at radius 3 is 2.31 bits per heavy atom. The predicted octanol–water partition coefficient (Wildman–Crippen LogP) is 2.77. The van der Waals surface area contributed by atoms with Crippen LogP contribution in [0.25, 0.3) is 0 Å². The van der Waals surface area contributed by atoms with Crippen molar-refractivity contribution in [3.8, 4) is 6.07 Å². The van der Waals surface area contributed by atoms with Gasteiger partial charge in [0, 0.05) is 6.42 Å². The molecule has 1 aliphatic heterocycles. The highest BCUT2D eigenvalue weighted by atomic mass is 16.7. The van der Waals surface area contributed by atoms with E-state index in [1.54, 1.807) is 0 Å². The highest BCUT2D eigenvalue weighted by molar-refractivity contribution is 6.48. The molecule has 0 amide bonds. The van der Waals surface area contributed by atoms with Crippen molar-refractivity contribution in [2.24, 2.45) is 5.92 Å². The van der Waals surface area contributed by atoms with Crippen LogP contribution in [0.15, 0.2) is 0 Å². The Kier molecular flexibility index (Phi) is 2.80. The molecule has 16 heavy (non-hydrogen) atoms. The fourth-order valence-corrected chi connectivity index (χ4v) is 2.25.